The van der Waals surface area contributed by atoms with Gasteiger partial charge in [-0.3, -0.25) is 0 Å². The molecule has 0 aliphatic carbocycles. The Bertz CT molecular complexity index is 1380. The van der Waals surface area contributed by atoms with E-state index in [0.717, 1.165) is 43.5 Å². The second-order valence-corrected chi connectivity index (χ2v) is 10.3. The van der Waals surface area contributed by atoms with Crippen LogP contribution in [0.1, 0.15) is 36.1 Å². The maximum absolute atomic E-state index is 6.65. The van der Waals surface area contributed by atoms with Crippen LogP contribution >= 0.6 is 31.9 Å². The molecule has 0 N–H and O–H groups in total. The molecule has 4 aromatic carbocycles. The fourth-order valence-corrected chi connectivity index (χ4v) is 5.42. The van der Waals surface area contributed by atoms with Crippen LogP contribution in [-0.2, 0) is 5.72 Å². The van der Waals surface area contributed by atoms with Gasteiger partial charge in [-0.2, -0.15) is 5.10 Å². The molecule has 0 saturated heterocycles. The molecule has 0 amide bonds. The summed E-state index contributed by atoms with van der Waals surface area (Å²) in [6.45, 7) is 2.11. The first-order valence-electron chi connectivity index (χ1n) is 10.6. The zero-order valence-corrected chi connectivity index (χ0v) is 20.6. The average Bonchev–Trinajstić information content (AvgIpc) is 3.27. The summed E-state index contributed by atoms with van der Waals surface area (Å²) in [5.41, 5.74) is 3.77. The van der Waals surface area contributed by atoms with Crippen molar-refractivity contribution in [2.24, 2.45) is 5.10 Å². The smallest absolute Gasteiger partial charge is 0.221 e. The minimum atomic E-state index is -0.704. The predicted octanol–water partition coefficient (Wildman–Crippen LogP) is 7.78. The van der Waals surface area contributed by atoms with Gasteiger partial charge in [0.2, 0.25) is 5.72 Å². The van der Waals surface area contributed by atoms with E-state index in [0.29, 0.717) is 0 Å². The Morgan fingerprint density at radius 2 is 1.62 bits per heavy atom. The van der Waals surface area contributed by atoms with Gasteiger partial charge in [0, 0.05) is 33.4 Å². The zero-order chi connectivity index (χ0) is 21.9. The SMILES string of the molecule is CC1(c2ccc(Br)cc2)Oc2ccc(Br)cc2C2CC(c3ccc4ccccc4c3)=NN21. The van der Waals surface area contributed by atoms with Crippen molar-refractivity contribution in [3.05, 3.63) is 111 Å². The number of fused-ring (bicyclic) bond motifs is 4. The van der Waals surface area contributed by atoms with E-state index in [2.05, 4.69) is 123 Å². The maximum Gasteiger partial charge on any atom is 0.221 e. The van der Waals surface area contributed by atoms with Crippen molar-refractivity contribution >= 4 is 48.3 Å². The van der Waals surface area contributed by atoms with Crippen molar-refractivity contribution < 1.29 is 4.74 Å². The van der Waals surface area contributed by atoms with E-state index < -0.39 is 5.72 Å². The standard InChI is InChI=1S/C27H20Br2N2O/c1-27(20-8-10-21(28)11-9-20)31-25(23-15-22(29)12-13-26(23)32-27)16-24(30-31)19-7-6-17-4-2-3-5-18(17)14-19/h2-15,25H,16H2,1H3. The number of halogens is 2. The molecule has 6 rings (SSSR count). The van der Waals surface area contributed by atoms with Gasteiger partial charge in [0.1, 0.15) is 5.75 Å². The fraction of sp³-hybridized carbons (Fsp3) is 0.148. The summed E-state index contributed by atoms with van der Waals surface area (Å²) in [6.07, 6.45) is 0.831. The van der Waals surface area contributed by atoms with Crippen molar-refractivity contribution in [1.82, 2.24) is 5.01 Å². The molecule has 2 aliphatic rings. The van der Waals surface area contributed by atoms with E-state index in [4.69, 9.17) is 9.84 Å². The van der Waals surface area contributed by atoms with Gasteiger partial charge in [0.05, 0.1) is 11.8 Å². The van der Waals surface area contributed by atoms with Crippen LogP contribution in [0.4, 0.5) is 0 Å². The topological polar surface area (TPSA) is 24.8 Å². The number of hydrogen-bond donors (Lipinski definition) is 0. The minimum Gasteiger partial charge on any atom is -0.462 e. The molecule has 3 nitrogen and oxygen atoms in total. The highest BCUT2D eigenvalue weighted by Crippen LogP contribution is 2.51. The molecule has 0 radical (unpaired) electrons. The van der Waals surface area contributed by atoms with E-state index in [-0.39, 0.29) is 6.04 Å². The van der Waals surface area contributed by atoms with Crippen molar-refractivity contribution in [3.63, 3.8) is 0 Å². The van der Waals surface area contributed by atoms with Crippen LogP contribution in [0, 0.1) is 0 Å². The quantitative estimate of drug-likeness (QED) is 0.256. The first-order chi connectivity index (χ1) is 15.5. The third kappa shape index (κ3) is 3.18. The van der Waals surface area contributed by atoms with Crippen LogP contribution in [0.5, 0.6) is 5.75 Å². The summed E-state index contributed by atoms with van der Waals surface area (Å²) in [5, 5.41) is 9.78. The van der Waals surface area contributed by atoms with Crippen molar-refractivity contribution in [3.8, 4) is 5.75 Å². The molecule has 158 valence electrons. The summed E-state index contributed by atoms with van der Waals surface area (Å²) in [4.78, 5) is 0. The lowest BCUT2D eigenvalue weighted by Gasteiger charge is -2.46. The van der Waals surface area contributed by atoms with Crippen molar-refractivity contribution in [2.75, 3.05) is 0 Å². The maximum atomic E-state index is 6.65. The van der Waals surface area contributed by atoms with Crippen LogP contribution in [0.2, 0.25) is 0 Å². The van der Waals surface area contributed by atoms with E-state index in [9.17, 15) is 0 Å². The molecule has 4 aromatic rings. The van der Waals surface area contributed by atoms with Crippen molar-refractivity contribution in [1.29, 1.82) is 0 Å². The third-order valence-electron chi connectivity index (χ3n) is 6.45. The number of ether oxygens (including phenoxy) is 1. The first-order valence-corrected chi connectivity index (χ1v) is 12.2. The lowest BCUT2D eigenvalue weighted by Crippen LogP contribution is -2.48. The fourth-order valence-electron chi connectivity index (χ4n) is 4.77. The van der Waals surface area contributed by atoms with Gasteiger partial charge in [-0.05, 0) is 52.7 Å². The van der Waals surface area contributed by atoms with Gasteiger partial charge in [-0.1, -0.05) is 80.4 Å². The van der Waals surface area contributed by atoms with Crippen LogP contribution in [0.3, 0.4) is 0 Å². The summed E-state index contributed by atoms with van der Waals surface area (Å²) in [7, 11) is 0. The Morgan fingerprint density at radius 1 is 0.875 bits per heavy atom. The van der Waals surface area contributed by atoms with Gasteiger partial charge in [-0.25, -0.2) is 5.01 Å². The largest absolute Gasteiger partial charge is 0.462 e. The van der Waals surface area contributed by atoms with E-state index in [1.54, 1.807) is 0 Å². The van der Waals surface area contributed by atoms with Crippen molar-refractivity contribution in [2.45, 2.75) is 25.1 Å². The number of rotatable bonds is 2. The molecule has 32 heavy (non-hydrogen) atoms. The van der Waals surface area contributed by atoms with Crippen LogP contribution in [0.15, 0.2) is 99.0 Å². The molecule has 0 fully saturated rings. The normalized spacial score (nSPS) is 21.7. The number of hydrazone groups is 1. The second-order valence-electron chi connectivity index (χ2n) is 8.45. The minimum absolute atomic E-state index is 0.103. The Kier molecular flexibility index (Phi) is 4.67. The van der Waals surface area contributed by atoms with E-state index >= 15 is 0 Å². The van der Waals surface area contributed by atoms with E-state index in [1.165, 1.54) is 10.8 Å². The molecule has 0 bridgehead atoms. The molecular formula is C27H20Br2N2O. The number of benzene rings is 4. The van der Waals surface area contributed by atoms with Crippen LogP contribution < -0.4 is 4.74 Å². The number of hydrogen-bond acceptors (Lipinski definition) is 3. The van der Waals surface area contributed by atoms with Crippen LogP contribution in [-0.4, -0.2) is 10.7 Å². The molecular weight excluding hydrogens is 528 g/mol. The van der Waals surface area contributed by atoms with Crippen LogP contribution in [0.25, 0.3) is 10.8 Å². The molecule has 0 aromatic heterocycles. The summed E-state index contributed by atoms with van der Waals surface area (Å²) < 4.78 is 8.74. The average molecular weight is 548 g/mol. The van der Waals surface area contributed by atoms with Gasteiger partial charge >= 0.3 is 0 Å². The lowest BCUT2D eigenvalue weighted by atomic mass is 9.92. The summed E-state index contributed by atoms with van der Waals surface area (Å²) >= 11 is 7.19. The molecule has 5 heteroatoms. The molecule has 2 unspecified atom stereocenters. The Balaban J connectivity index is 1.49. The Morgan fingerprint density at radius 3 is 2.44 bits per heavy atom. The highest BCUT2D eigenvalue weighted by molar-refractivity contribution is 9.10. The zero-order valence-electron chi connectivity index (χ0n) is 17.4. The lowest BCUT2D eigenvalue weighted by molar-refractivity contribution is -0.112. The third-order valence-corrected chi connectivity index (χ3v) is 7.47. The summed E-state index contributed by atoms with van der Waals surface area (Å²) in [5.74, 6) is 0.912. The van der Waals surface area contributed by atoms with E-state index in [1.807, 2.05) is 6.07 Å². The van der Waals surface area contributed by atoms with Gasteiger partial charge in [0.15, 0.2) is 0 Å². The monoisotopic (exact) mass is 546 g/mol. The van der Waals surface area contributed by atoms with Gasteiger partial charge in [0.25, 0.3) is 0 Å². The van der Waals surface area contributed by atoms with Gasteiger partial charge < -0.3 is 4.74 Å². The number of nitrogens with zero attached hydrogens (tertiary/aromatic N) is 2. The first kappa shape index (κ1) is 20.0. The second kappa shape index (κ2) is 7.46. The Labute approximate surface area is 204 Å². The molecule has 0 spiro atoms. The van der Waals surface area contributed by atoms with Gasteiger partial charge in [-0.15, -0.1) is 0 Å². The highest BCUT2D eigenvalue weighted by Gasteiger charge is 2.48. The molecule has 2 aliphatic heterocycles. The Hall–Kier alpha value is -2.63. The summed E-state index contributed by atoms with van der Waals surface area (Å²) in [6, 6.07) is 29.7. The molecule has 0 saturated carbocycles. The highest BCUT2D eigenvalue weighted by atomic mass is 79.9. The predicted molar refractivity (Wildman–Crippen MR) is 136 cm³/mol. The molecule has 2 heterocycles. The molecule has 2 atom stereocenters.